The van der Waals surface area contributed by atoms with Gasteiger partial charge in [-0.25, -0.2) is 8.78 Å². The molecule has 0 bridgehead atoms. The zero-order valence-corrected chi connectivity index (χ0v) is 12.5. The summed E-state index contributed by atoms with van der Waals surface area (Å²) in [6, 6.07) is 2.66. The number of nitrogens with two attached hydrogens (primary N) is 1. The van der Waals surface area contributed by atoms with Gasteiger partial charge < -0.3 is 15.4 Å². The Hall–Kier alpha value is -1.20. The topological polar surface area (TPSA) is 38.5 Å². The van der Waals surface area contributed by atoms with Crippen LogP contribution in [0.15, 0.2) is 12.1 Å². The SMILES string of the molecule is CCOCCN(C)c1c(F)cc(CC(N)CC)cc1F. The van der Waals surface area contributed by atoms with Gasteiger partial charge in [0, 0.05) is 26.2 Å². The monoisotopic (exact) mass is 286 g/mol. The van der Waals surface area contributed by atoms with Gasteiger partial charge in [0.1, 0.15) is 17.3 Å². The lowest BCUT2D eigenvalue weighted by Gasteiger charge is -2.21. The van der Waals surface area contributed by atoms with Gasteiger partial charge in [0.25, 0.3) is 0 Å². The van der Waals surface area contributed by atoms with E-state index in [0.29, 0.717) is 31.7 Å². The Morgan fingerprint density at radius 3 is 2.35 bits per heavy atom. The minimum absolute atomic E-state index is 0.0153. The molecule has 0 aromatic heterocycles. The average molecular weight is 286 g/mol. The minimum Gasteiger partial charge on any atom is -0.380 e. The number of benzene rings is 1. The van der Waals surface area contributed by atoms with E-state index >= 15 is 0 Å². The average Bonchev–Trinajstić information content (AvgIpc) is 2.38. The Kier molecular flexibility index (Phi) is 6.88. The molecule has 0 spiro atoms. The van der Waals surface area contributed by atoms with Crippen molar-refractivity contribution in [2.75, 3.05) is 31.7 Å². The lowest BCUT2D eigenvalue weighted by Crippen LogP contribution is -2.25. The highest BCUT2D eigenvalue weighted by Gasteiger charge is 2.16. The molecule has 0 amide bonds. The summed E-state index contributed by atoms with van der Waals surface area (Å²) in [7, 11) is 1.65. The van der Waals surface area contributed by atoms with Gasteiger partial charge in [0.2, 0.25) is 0 Å². The van der Waals surface area contributed by atoms with Gasteiger partial charge in [0.15, 0.2) is 0 Å². The van der Waals surface area contributed by atoms with Gasteiger partial charge in [-0.3, -0.25) is 0 Å². The number of anilines is 1. The highest BCUT2D eigenvalue weighted by Crippen LogP contribution is 2.24. The summed E-state index contributed by atoms with van der Waals surface area (Å²) >= 11 is 0. The van der Waals surface area contributed by atoms with Crippen LogP contribution in [0.4, 0.5) is 14.5 Å². The zero-order valence-electron chi connectivity index (χ0n) is 12.5. The molecule has 0 heterocycles. The molecule has 0 saturated heterocycles. The third-order valence-corrected chi connectivity index (χ3v) is 3.26. The van der Waals surface area contributed by atoms with Crippen LogP contribution in [0.3, 0.4) is 0 Å². The van der Waals surface area contributed by atoms with Crippen molar-refractivity contribution in [3.8, 4) is 0 Å². The Bertz CT molecular complexity index is 403. The Morgan fingerprint density at radius 2 is 1.85 bits per heavy atom. The zero-order chi connectivity index (χ0) is 15.1. The third kappa shape index (κ3) is 4.72. The van der Waals surface area contributed by atoms with E-state index in [-0.39, 0.29) is 11.7 Å². The number of hydrogen-bond acceptors (Lipinski definition) is 3. The maximum absolute atomic E-state index is 14.1. The van der Waals surface area contributed by atoms with Crippen LogP contribution in [0, 0.1) is 11.6 Å². The smallest absolute Gasteiger partial charge is 0.149 e. The fourth-order valence-electron chi connectivity index (χ4n) is 2.01. The maximum atomic E-state index is 14.1. The summed E-state index contributed by atoms with van der Waals surface area (Å²) in [5, 5.41) is 0. The van der Waals surface area contributed by atoms with E-state index in [0.717, 1.165) is 6.42 Å². The van der Waals surface area contributed by atoms with Crippen LogP contribution < -0.4 is 10.6 Å². The molecule has 0 aliphatic heterocycles. The molecule has 1 aromatic rings. The maximum Gasteiger partial charge on any atom is 0.149 e. The van der Waals surface area contributed by atoms with E-state index in [1.807, 2.05) is 13.8 Å². The summed E-state index contributed by atoms with van der Waals surface area (Å²) in [6.45, 7) is 5.30. The number of likely N-dealkylation sites (N-methyl/N-ethyl adjacent to an activating group) is 1. The highest BCUT2D eigenvalue weighted by atomic mass is 19.1. The van der Waals surface area contributed by atoms with Crippen LogP contribution in [0.1, 0.15) is 25.8 Å². The predicted octanol–water partition coefficient (Wildman–Crippen LogP) is 2.72. The van der Waals surface area contributed by atoms with E-state index in [1.54, 1.807) is 7.05 Å². The molecule has 0 fully saturated rings. The van der Waals surface area contributed by atoms with Gasteiger partial charge in [-0.2, -0.15) is 0 Å². The molecule has 20 heavy (non-hydrogen) atoms. The summed E-state index contributed by atoms with van der Waals surface area (Å²) < 4.78 is 33.3. The molecule has 114 valence electrons. The first kappa shape index (κ1) is 16.9. The van der Waals surface area contributed by atoms with Crippen molar-refractivity contribution in [2.45, 2.75) is 32.7 Å². The molecule has 1 rings (SSSR count). The lowest BCUT2D eigenvalue weighted by molar-refractivity contribution is 0.154. The summed E-state index contributed by atoms with van der Waals surface area (Å²) in [5.41, 5.74) is 6.39. The number of halogens is 2. The first-order valence-electron chi connectivity index (χ1n) is 7.01. The van der Waals surface area contributed by atoms with Crippen molar-refractivity contribution in [3.63, 3.8) is 0 Å². The van der Waals surface area contributed by atoms with Crippen molar-refractivity contribution < 1.29 is 13.5 Å². The number of hydrogen-bond donors (Lipinski definition) is 1. The first-order valence-corrected chi connectivity index (χ1v) is 7.01. The van der Waals surface area contributed by atoms with Gasteiger partial charge in [-0.1, -0.05) is 6.92 Å². The van der Waals surface area contributed by atoms with Crippen molar-refractivity contribution in [1.82, 2.24) is 0 Å². The van der Waals surface area contributed by atoms with E-state index in [2.05, 4.69) is 0 Å². The largest absolute Gasteiger partial charge is 0.380 e. The number of ether oxygens (including phenoxy) is 1. The summed E-state index contributed by atoms with van der Waals surface area (Å²) in [4.78, 5) is 1.53. The predicted molar refractivity (Wildman–Crippen MR) is 78.1 cm³/mol. The van der Waals surface area contributed by atoms with Crippen LogP contribution >= 0.6 is 0 Å². The van der Waals surface area contributed by atoms with E-state index in [9.17, 15) is 8.78 Å². The van der Waals surface area contributed by atoms with Gasteiger partial charge >= 0.3 is 0 Å². The molecule has 1 aromatic carbocycles. The van der Waals surface area contributed by atoms with Crippen molar-refractivity contribution in [3.05, 3.63) is 29.3 Å². The van der Waals surface area contributed by atoms with Crippen LogP contribution in [-0.4, -0.2) is 32.8 Å². The minimum atomic E-state index is -0.553. The fraction of sp³-hybridized carbons (Fsp3) is 0.600. The summed E-state index contributed by atoms with van der Waals surface area (Å²) in [5.74, 6) is -1.11. The van der Waals surface area contributed by atoms with E-state index in [1.165, 1.54) is 17.0 Å². The highest BCUT2D eigenvalue weighted by molar-refractivity contribution is 5.50. The molecule has 1 atom stereocenters. The van der Waals surface area contributed by atoms with Crippen LogP contribution in [0.25, 0.3) is 0 Å². The van der Waals surface area contributed by atoms with Crippen LogP contribution in [-0.2, 0) is 11.2 Å². The molecule has 0 saturated carbocycles. The molecule has 0 aliphatic rings. The van der Waals surface area contributed by atoms with E-state index in [4.69, 9.17) is 10.5 Å². The molecule has 3 nitrogen and oxygen atoms in total. The van der Waals surface area contributed by atoms with Crippen LogP contribution in [0.5, 0.6) is 0 Å². The van der Waals surface area contributed by atoms with Gasteiger partial charge in [-0.15, -0.1) is 0 Å². The lowest BCUT2D eigenvalue weighted by atomic mass is 10.0. The van der Waals surface area contributed by atoms with Crippen molar-refractivity contribution >= 4 is 5.69 Å². The molecule has 0 aliphatic carbocycles. The quantitative estimate of drug-likeness (QED) is 0.747. The number of nitrogens with zero attached hydrogens (tertiary/aromatic N) is 1. The third-order valence-electron chi connectivity index (χ3n) is 3.26. The molecule has 2 N–H and O–H groups in total. The van der Waals surface area contributed by atoms with Crippen molar-refractivity contribution in [1.29, 1.82) is 0 Å². The molecule has 5 heteroatoms. The van der Waals surface area contributed by atoms with Gasteiger partial charge in [-0.05, 0) is 37.5 Å². The molecule has 0 radical (unpaired) electrons. The first-order chi connectivity index (χ1) is 9.49. The fourth-order valence-corrected chi connectivity index (χ4v) is 2.01. The Morgan fingerprint density at radius 1 is 1.25 bits per heavy atom. The standard InChI is InChI=1S/C15H24F2N2O/c1-4-12(18)8-11-9-13(16)15(14(17)10-11)19(3)6-7-20-5-2/h9-10,12H,4-8,18H2,1-3H3. The van der Waals surface area contributed by atoms with E-state index < -0.39 is 11.6 Å². The Balaban J connectivity index is 2.82. The molecule has 1 unspecified atom stereocenters. The second-order valence-electron chi connectivity index (χ2n) is 4.90. The molecular weight excluding hydrogens is 262 g/mol. The summed E-state index contributed by atoms with van der Waals surface area (Å²) in [6.07, 6.45) is 1.26. The molecular formula is C15H24F2N2O. The second-order valence-corrected chi connectivity index (χ2v) is 4.90. The van der Waals surface area contributed by atoms with Gasteiger partial charge in [0.05, 0.1) is 6.61 Å². The normalized spacial score (nSPS) is 12.5. The second kappa shape index (κ2) is 8.17. The Labute approximate surface area is 119 Å². The number of rotatable bonds is 8. The van der Waals surface area contributed by atoms with Crippen LogP contribution in [0.2, 0.25) is 0 Å². The van der Waals surface area contributed by atoms with Crippen molar-refractivity contribution in [2.24, 2.45) is 5.73 Å².